The second-order valence-corrected chi connectivity index (χ2v) is 10.6. The maximum atomic E-state index is 12.8. The number of aromatic nitrogens is 1. The fraction of sp³-hybridized carbons (Fsp3) is 0.550. The van der Waals surface area contributed by atoms with Crippen molar-refractivity contribution in [2.24, 2.45) is 5.92 Å². The van der Waals surface area contributed by atoms with E-state index in [2.05, 4.69) is 27.6 Å². The van der Waals surface area contributed by atoms with Gasteiger partial charge < -0.3 is 15.5 Å². The molecule has 0 unspecified atom stereocenters. The minimum Gasteiger partial charge on any atom is -0.351 e. The summed E-state index contributed by atoms with van der Waals surface area (Å²) < 4.78 is 0.607. The SMILES string of the molecule is CN1CCc2nc(C(=O)N[C@@H]3CCCC[C@H]3CNC(=O)c3ccc(Cl)s3)sc2C1. The lowest BCUT2D eigenvalue weighted by Crippen LogP contribution is -2.46. The van der Waals surface area contributed by atoms with Gasteiger partial charge in [0.2, 0.25) is 0 Å². The number of thiophene rings is 1. The Morgan fingerprint density at radius 1 is 1.24 bits per heavy atom. The lowest BCUT2D eigenvalue weighted by molar-refractivity contribution is 0.0895. The fourth-order valence-corrected chi connectivity index (χ4v) is 6.09. The molecule has 156 valence electrons. The Balaban J connectivity index is 1.36. The molecule has 0 aromatic carbocycles. The average molecular weight is 453 g/mol. The zero-order valence-electron chi connectivity index (χ0n) is 16.4. The maximum Gasteiger partial charge on any atom is 0.280 e. The molecule has 0 spiro atoms. The summed E-state index contributed by atoms with van der Waals surface area (Å²) in [5.41, 5.74) is 1.07. The second kappa shape index (κ2) is 9.12. The smallest absolute Gasteiger partial charge is 0.280 e. The van der Waals surface area contributed by atoms with E-state index >= 15 is 0 Å². The Kier molecular flexibility index (Phi) is 6.53. The Morgan fingerprint density at radius 2 is 2.07 bits per heavy atom. The van der Waals surface area contributed by atoms with Crippen molar-refractivity contribution in [3.05, 3.63) is 36.9 Å². The molecule has 1 aliphatic heterocycles. The van der Waals surface area contributed by atoms with Crippen LogP contribution in [0.25, 0.3) is 0 Å². The number of likely N-dealkylation sites (N-methyl/N-ethyl adjacent to an activating group) is 1. The molecule has 2 amide bonds. The number of thiazole rings is 1. The van der Waals surface area contributed by atoms with Crippen molar-refractivity contribution in [2.45, 2.75) is 44.7 Å². The fourth-order valence-electron chi connectivity index (χ4n) is 4.04. The molecule has 1 saturated carbocycles. The van der Waals surface area contributed by atoms with E-state index in [1.54, 1.807) is 12.1 Å². The van der Waals surface area contributed by atoms with Crippen molar-refractivity contribution >= 4 is 46.1 Å². The Morgan fingerprint density at radius 3 is 2.86 bits per heavy atom. The van der Waals surface area contributed by atoms with Gasteiger partial charge in [-0.15, -0.1) is 22.7 Å². The summed E-state index contributed by atoms with van der Waals surface area (Å²) in [4.78, 5) is 33.8. The molecule has 9 heteroatoms. The molecule has 2 aromatic heterocycles. The summed E-state index contributed by atoms with van der Waals surface area (Å²) in [5.74, 6) is 0.0439. The largest absolute Gasteiger partial charge is 0.351 e. The van der Waals surface area contributed by atoms with E-state index in [4.69, 9.17) is 11.6 Å². The van der Waals surface area contributed by atoms with Crippen LogP contribution >= 0.6 is 34.3 Å². The molecule has 4 rings (SSSR count). The molecular formula is C20H25ClN4O2S2. The highest BCUT2D eigenvalue weighted by atomic mass is 35.5. The van der Waals surface area contributed by atoms with Gasteiger partial charge in [-0.2, -0.15) is 0 Å². The molecule has 0 saturated heterocycles. The summed E-state index contributed by atoms with van der Waals surface area (Å²) in [7, 11) is 2.09. The average Bonchev–Trinajstić information content (AvgIpc) is 3.33. The quantitative estimate of drug-likeness (QED) is 0.727. The van der Waals surface area contributed by atoms with Gasteiger partial charge in [0, 0.05) is 37.0 Å². The zero-order valence-corrected chi connectivity index (χ0v) is 18.8. The van der Waals surface area contributed by atoms with E-state index in [0.717, 1.165) is 50.9 Å². The van der Waals surface area contributed by atoms with Crippen LogP contribution in [0.2, 0.25) is 4.34 Å². The van der Waals surface area contributed by atoms with E-state index < -0.39 is 0 Å². The third-order valence-corrected chi connectivity index (χ3v) is 7.97. The van der Waals surface area contributed by atoms with Gasteiger partial charge in [-0.3, -0.25) is 9.59 Å². The number of hydrogen-bond acceptors (Lipinski definition) is 6. The van der Waals surface area contributed by atoms with Crippen LogP contribution in [0, 0.1) is 5.92 Å². The molecule has 2 aromatic rings. The highest BCUT2D eigenvalue weighted by Gasteiger charge is 2.29. The molecule has 6 nitrogen and oxygen atoms in total. The number of fused-ring (bicyclic) bond motifs is 1. The van der Waals surface area contributed by atoms with Crippen LogP contribution < -0.4 is 10.6 Å². The molecule has 3 heterocycles. The monoisotopic (exact) mass is 452 g/mol. The summed E-state index contributed by atoms with van der Waals surface area (Å²) in [6.07, 6.45) is 5.05. The van der Waals surface area contributed by atoms with Gasteiger partial charge >= 0.3 is 0 Å². The molecule has 2 aliphatic rings. The van der Waals surface area contributed by atoms with Gasteiger partial charge in [0.05, 0.1) is 14.9 Å². The van der Waals surface area contributed by atoms with Gasteiger partial charge in [-0.05, 0) is 37.9 Å². The van der Waals surface area contributed by atoms with Crippen LogP contribution in [0.15, 0.2) is 12.1 Å². The first-order valence-electron chi connectivity index (χ1n) is 10.0. The first-order valence-corrected chi connectivity index (χ1v) is 12.0. The summed E-state index contributed by atoms with van der Waals surface area (Å²) in [6, 6.07) is 3.53. The van der Waals surface area contributed by atoms with Crippen LogP contribution in [0.5, 0.6) is 0 Å². The lowest BCUT2D eigenvalue weighted by atomic mass is 9.84. The summed E-state index contributed by atoms with van der Waals surface area (Å²) in [6.45, 7) is 2.40. The van der Waals surface area contributed by atoms with Crippen LogP contribution in [-0.4, -0.2) is 47.9 Å². The van der Waals surface area contributed by atoms with Crippen molar-refractivity contribution in [1.82, 2.24) is 20.5 Å². The first-order chi connectivity index (χ1) is 14.0. The first kappa shape index (κ1) is 20.8. The van der Waals surface area contributed by atoms with Gasteiger partial charge in [0.15, 0.2) is 5.01 Å². The van der Waals surface area contributed by atoms with Gasteiger partial charge in [-0.1, -0.05) is 24.4 Å². The number of carbonyl (C=O) groups is 2. The maximum absolute atomic E-state index is 12.8. The van der Waals surface area contributed by atoms with Crippen molar-refractivity contribution in [2.75, 3.05) is 20.1 Å². The Labute approximate surface area is 183 Å². The molecule has 1 fully saturated rings. The standard InChI is InChI=1S/C20H25ClN4O2S2/c1-25-9-8-14-16(11-25)29-20(24-14)19(27)23-13-5-3-2-4-12(13)10-22-18(26)15-6-7-17(21)28-15/h6-7,12-13H,2-5,8-11H2,1H3,(H,22,26)(H,23,27)/t12-,13+/m0/s1. The van der Waals surface area contributed by atoms with Gasteiger partial charge in [-0.25, -0.2) is 4.98 Å². The molecule has 2 N–H and O–H groups in total. The number of carbonyl (C=O) groups excluding carboxylic acids is 2. The van der Waals surface area contributed by atoms with Crippen LogP contribution in [0.1, 0.15) is 55.7 Å². The number of nitrogens with zero attached hydrogens (tertiary/aromatic N) is 2. The summed E-state index contributed by atoms with van der Waals surface area (Å²) in [5, 5.41) is 6.77. The normalized spacial score (nSPS) is 22.1. The molecule has 2 atom stereocenters. The molecule has 0 bridgehead atoms. The highest BCUT2D eigenvalue weighted by Crippen LogP contribution is 2.27. The third-order valence-electron chi connectivity index (χ3n) is 5.66. The predicted octanol–water partition coefficient (Wildman–Crippen LogP) is 3.56. The van der Waals surface area contributed by atoms with Crippen molar-refractivity contribution in [3.8, 4) is 0 Å². The molecule has 29 heavy (non-hydrogen) atoms. The van der Waals surface area contributed by atoms with Crippen molar-refractivity contribution in [1.29, 1.82) is 0 Å². The predicted molar refractivity (Wildman–Crippen MR) is 117 cm³/mol. The van der Waals surface area contributed by atoms with Crippen molar-refractivity contribution in [3.63, 3.8) is 0 Å². The topological polar surface area (TPSA) is 74.3 Å². The van der Waals surface area contributed by atoms with Crippen LogP contribution in [0.4, 0.5) is 0 Å². The molecular weight excluding hydrogens is 428 g/mol. The minimum atomic E-state index is -0.103. The van der Waals surface area contributed by atoms with E-state index in [1.807, 2.05) is 0 Å². The van der Waals surface area contributed by atoms with Crippen LogP contribution in [-0.2, 0) is 13.0 Å². The molecule has 1 aliphatic carbocycles. The lowest BCUT2D eigenvalue weighted by Gasteiger charge is -2.32. The highest BCUT2D eigenvalue weighted by molar-refractivity contribution is 7.18. The number of hydrogen-bond donors (Lipinski definition) is 2. The summed E-state index contributed by atoms with van der Waals surface area (Å²) >= 11 is 8.71. The number of amides is 2. The van der Waals surface area contributed by atoms with Gasteiger partial charge in [0.1, 0.15) is 0 Å². The van der Waals surface area contributed by atoms with Crippen molar-refractivity contribution < 1.29 is 9.59 Å². The van der Waals surface area contributed by atoms with E-state index in [-0.39, 0.29) is 23.8 Å². The van der Waals surface area contributed by atoms with E-state index in [9.17, 15) is 9.59 Å². The number of nitrogens with one attached hydrogen (secondary N) is 2. The van der Waals surface area contributed by atoms with Gasteiger partial charge in [0.25, 0.3) is 11.8 Å². The number of halogens is 1. The second-order valence-electron chi connectivity index (χ2n) is 7.81. The van der Waals surface area contributed by atoms with E-state index in [0.29, 0.717) is 20.8 Å². The molecule has 0 radical (unpaired) electrons. The minimum absolute atomic E-state index is 0.0621. The Hall–Kier alpha value is -1.48. The number of rotatable bonds is 5. The third kappa shape index (κ3) is 4.99. The zero-order chi connectivity index (χ0) is 20.4. The Bertz CT molecular complexity index is 897. The van der Waals surface area contributed by atoms with Crippen LogP contribution in [0.3, 0.4) is 0 Å². The van der Waals surface area contributed by atoms with E-state index in [1.165, 1.54) is 27.6 Å².